The van der Waals surface area contributed by atoms with Gasteiger partial charge in [0.25, 0.3) is 5.22 Å². The molecule has 2 aromatic rings. The molecule has 0 spiro atoms. The summed E-state index contributed by atoms with van der Waals surface area (Å²) in [4.78, 5) is 8.28. The van der Waals surface area contributed by atoms with Crippen molar-refractivity contribution < 1.29 is 4.42 Å². The highest BCUT2D eigenvalue weighted by Crippen LogP contribution is 2.29. The summed E-state index contributed by atoms with van der Waals surface area (Å²) in [5.74, 6) is 1.34. The number of anilines is 1. The zero-order valence-corrected chi connectivity index (χ0v) is 10.00. The second-order valence-corrected chi connectivity index (χ2v) is 4.03. The first-order valence-electron chi connectivity index (χ1n) is 4.68. The average molecular weight is 237 g/mol. The highest BCUT2D eigenvalue weighted by Gasteiger charge is 2.11. The Morgan fingerprint density at radius 2 is 2.06 bits per heavy atom. The third-order valence-corrected chi connectivity index (χ3v) is 2.91. The molecule has 0 unspecified atom stereocenters. The van der Waals surface area contributed by atoms with Gasteiger partial charge in [-0.05, 0) is 18.7 Å². The van der Waals surface area contributed by atoms with E-state index in [2.05, 4.69) is 25.5 Å². The van der Waals surface area contributed by atoms with Crippen molar-refractivity contribution in [1.29, 1.82) is 0 Å². The summed E-state index contributed by atoms with van der Waals surface area (Å²) < 4.78 is 5.28. The van der Waals surface area contributed by atoms with Gasteiger partial charge in [0.15, 0.2) is 0 Å². The molecule has 2 heterocycles. The fraction of sp³-hybridized carbons (Fsp3) is 0.333. The predicted molar refractivity (Wildman–Crippen MR) is 59.5 cm³/mol. The minimum Gasteiger partial charge on any atom is -0.416 e. The van der Waals surface area contributed by atoms with Gasteiger partial charge >= 0.3 is 0 Å². The van der Waals surface area contributed by atoms with Crippen LogP contribution < -0.4 is 5.32 Å². The SMILES string of the molecule is CNc1ncnc(Sc2nnc(C)o2)c1C. The topological polar surface area (TPSA) is 76.7 Å². The summed E-state index contributed by atoms with van der Waals surface area (Å²) in [6.45, 7) is 3.69. The van der Waals surface area contributed by atoms with Gasteiger partial charge in [-0.15, -0.1) is 10.2 Å². The van der Waals surface area contributed by atoms with Crippen LogP contribution in [-0.2, 0) is 0 Å². The van der Waals surface area contributed by atoms with E-state index < -0.39 is 0 Å². The lowest BCUT2D eigenvalue weighted by Gasteiger charge is -2.05. The molecule has 0 saturated heterocycles. The first-order chi connectivity index (χ1) is 7.70. The number of aryl methyl sites for hydroxylation is 1. The molecule has 0 atom stereocenters. The van der Waals surface area contributed by atoms with Crippen LogP contribution in [0.5, 0.6) is 0 Å². The molecule has 0 amide bonds. The molecule has 2 aromatic heterocycles. The van der Waals surface area contributed by atoms with Crippen LogP contribution in [-0.4, -0.2) is 27.2 Å². The van der Waals surface area contributed by atoms with Crippen LogP contribution in [0.15, 0.2) is 21.0 Å². The zero-order chi connectivity index (χ0) is 11.5. The van der Waals surface area contributed by atoms with E-state index in [-0.39, 0.29) is 0 Å². The Hall–Kier alpha value is -1.63. The van der Waals surface area contributed by atoms with E-state index in [0.717, 1.165) is 16.4 Å². The van der Waals surface area contributed by atoms with Crippen molar-refractivity contribution in [1.82, 2.24) is 20.2 Å². The molecule has 0 aliphatic heterocycles. The summed E-state index contributed by atoms with van der Waals surface area (Å²) in [7, 11) is 1.82. The Labute approximate surface area is 96.9 Å². The summed E-state index contributed by atoms with van der Waals surface area (Å²) in [5, 5.41) is 12.0. The summed E-state index contributed by atoms with van der Waals surface area (Å²) in [5.41, 5.74) is 0.964. The summed E-state index contributed by atoms with van der Waals surface area (Å²) >= 11 is 1.33. The van der Waals surface area contributed by atoms with Gasteiger partial charge in [0, 0.05) is 19.5 Å². The minimum atomic E-state index is 0.487. The van der Waals surface area contributed by atoms with Crippen molar-refractivity contribution in [3.05, 3.63) is 17.8 Å². The number of rotatable bonds is 3. The molecule has 2 rings (SSSR count). The van der Waals surface area contributed by atoms with E-state index >= 15 is 0 Å². The van der Waals surface area contributed by atoms with Gasteiger partial charge in [-0.25, -0.2) is 9.97 Å². The number of hydrogen-bond donors (Lipinski definition) is 1. The normalized spacial score (nSPS) is 10.4. The maximum absolute atomic E-state index is 5.28. The fourth-order valence-electron chi connectivity index (χ4n) is 1.19. The summed E-state index contributed by atoms with van der Waals surface area (Å²) in [6, 6.07) is 0. The van der Waals surface area contributed by atoms with Crippen LogP contribution in [0, 0.1) is 13.8 Å². The van der Waals surface area contributed by atoms with Crippen molar-refractivity contribution >= 4 is 17.6 Å². The van der Waals surface area contributed by atoms with E-state index in [1.165, 1.54) is 18.1 Å². The maximum atomic E-state index is 5.28. The van der Waals surface area contributed by atoms with Gasteiger partial charge < -0.3 is 9.73 Å². The molecular weight excluding hydrogens is 226 g/mol. The Morgan fingerprint density at radius 1 is 1.25 bits per heavy atom. The fourth-order valence-corrected chi connectivity index (χ4v) is 1.95. The zero-order valence-electron chi connectivity index (χ0n) is 9.18. The van der Waals surface area contributed by atoms with Crippen LogP contribution in [0.1, 0.15) is 11.5 Å². The molecule has 0 bridgehead atoms. The van der Waals surface area contributed by atoms with E-state index in [1.807, 2.05) is 14.0 Å². The lowest BCUT2D eigenvalue weighted by Crippen LogP contribution is -1.98. The molecule has 0 radical (unpaired) electrons. The quantitative estimate of drug-likeness (QED) is 0.813. The average Bonchev–Trinajstić information content (AvgIpc) is 2.67. The van der Waals surface area contributed by atoms with Gasteiger partial charge in [0.1, 0.15) is 17.2 Å². The van der Waals surface area contributed by atoms with Gasteiger partial charge in [-0.3, -0.25) is 0 Å². The standard InChI is InChI=1S/C9H11N5OS/c1-5-7(10-3)11-4-12-8(5)16-9-14-13-6(2)15-9/h4H,1-3H3,(H,10,11,12). The Kier molecular flexibility index (Phi) is 3.04. The van der Waals surface area contributed by atoms with E-state index in [0.29, 0.717) is 11.1 Å². The lowest BCUT2D eigenvalue weighted by atomic mass is 10.3. The van der Waals surface area contributed by atoms with Crippen LogP contribution >= 0.6 is 11.8 Å². The second kappa shape index (κ2) is 4.48. The van der Waals surface area contributed by atoms with Crippen molar-refractivity contribution in [3.8, 4) is 0 Å². The molecule has 0 aliphatic rings. The highest BCUT2D eigenvalue weighted by molar-refractivity contribution is 7.99. The molecular formula is C9H11N5OS. The first-order valence-corrected chi connectivity index (χ1v) is 5.49. The van der Waals surface area contributed by atoms with E-state index in [9.17, 15) is 0 Å². The molecule has 6 nitrogen and oxygen atoms in total. The third-order valence-electron chi connectivity index (χ3n) is 1.97. The van der Waals surface area contributed by atoms with Crippen molar-refractivity contribution in [2.24, 2.45) is 0 Å². The smallest absolute Gasteiger partial charge is 0.282 e. The number of nitrogens with one attached hydrogen (secondary N) is 1. The highest BCUT2D eigenvalue weighted by atomic mass is 32.2. The number of nitrogens with zero attached hydrogens (tertiary/aromatic N) is 4. The molecule has 7 heteroatoms. The van der Waals surface area contributed by atoms with Crippen molar-refractivity contribution in [2.75, 3.05) is 12.4 Å². The second-order valence-electron chi connectivity index (χ2n) is 3.09. The maximum Gasteiger partial charge on any atom is 0.282 e. The van der Waals surface area contributed by atoms with Gasteiger partial charge in [0.05, 0.1) is 0 Å². The number of hydrogen-bond acceptors (Lipinski definition) is 7. The number of aromatic nitrogens is 4. The minimum absolute atomic E-state index is 0.487. The Bertz CT molecular complexity index is 498. The molecule has 16 heavy (non-hydrogen) atoms. The molecule has 0 saturated carbocycles. The molecule has 0 aromatic carbocycles. The predicted octanol–water partition coefficient (Wildman–Crippen LogP) is 1.67. The van der Waals surface area contributed by atoms with Crippen LogP contribution in [0.4, 0.5) is 5.82 Å². The van der Waals surface area contributed by atoms with Gasteiger partial charge in [-0.2, -0.15) is 0 Å². The Balaban J connectivity index is 2.28. The third kappa shape index (κ3) is 2.13. The molecule has 0 aliphatic carbocycles. The van der Waals surface area contributed by atoms with Crippen molar-refractivity contribution in [3.63, 3.8) is 0 Å². The molecule has 1 N–H and O–H groups in total. The van der Waals surface area contributed by atoms with Crippen LogP contribution in [0.2, 0.25) is 0 Å². The molecule has 0 fully saturated rings. The monoisotopic (exact) mass is 237 g/mol. The van der Waals surface area contributed by atoms with Crippen LogP contribution in [0.3, 0.4) is 0 Å². The molecule has 84 valence electrons. The van der Waals surface area contributed by atoms with Gasteiger partial charge in [-0.1, -0.05) is 0 Å². The Morgan fingerprint density at radius 3 is 2.69 bits per heavy atom. The van der Waals surface area contributed by atoms with Crippen molar-refractivity contribution in [2.45, 2.75) is 24.1 Å². The largest absolute Gasteiger partial charge is 0.416 e. The van der Waals surface area contributed by atoms with E-state index in [1.54, 1.807) is 6.92 Å². The van der Waals surface area contributed by atoms with Gasteiger partial charge in [0.2, 0.25) is 5.89 Å². The first kappa shape index (κ1) is 10.9. The lowest BCUT2D eigenvalue weighted by molar-refractivity contribution is 0.429. The van der Waals surface area contributed by atoms with E-state index in [4.69, 9.17) is 4.42 Å². The summed E-state index contributed by atoms with van der Waals surface area (Å²) in [6.07, 6.45) is 1.50. The van der Waals surface area contributed by atoms with Crippen LogP contribution in [0.25, 0.3) is 0 Å².